The molecule has 2 aliphatic heterocycles. The van der Waals surface area contributed by atoms with Crippen molar-refractivity contribution in [3.8, 4) is 0 Å². The van der Waals surface area contributed by atoms with Crippen LogP contribution in [0, 0.1) is 39.5 Å². The Balaban J connectivity index is 0.00000294. The Kier molecular flexibility index (Phi) is 6.23. The number of nitrogens with zero attached hydrogens (tertiary/aromatic N) is 4. The van der Waals surface area contributed by atoms with Gasteiger partial charge in [0, 0.05) is 5.56 Å². The van der Waals surface area contributed by atoms with Gasteiger partial charge in [-0.2, -0.15) is 11.4 Å². The number of carbonyl (C=O) groups excluding carboxylic acids is 1. The molecule has 7 nitrogen and oxygen atoms in total. The van der Waals surface area contributed by atoms with Crippen molar-refractivity contribution in [1.29, 1.82) is 0 Å². The number of carboxylic acids is 1. The fourth-order valence-electron chi connectivity index (χ4n) is 5.68. The zero-order valence-corrected chi connectivity index (χ0v) is 23.6. The predicted octanol–water partition coefficient (Wildman–Crippen LogP) is 3.09. The molecule has 1 saturated heterocycles. The number of aromatic nitrogens is 3. The van der Waals surface area contributed by atoms with E-state index in [9.17, 15) is 14.7 Å². The van der Waals surface area contributed by atoms with Crippen LogP contribution < -0.4 is 25.7 Å². The number of rotatable bonds is 2. The van der Waals surface area contributed by atoms with E-state index in [1.54, 1.807) is 0 Å². The van der Waals surface area contributed by atoms with Crippen molar-refractivity contribution in [1.82, 2.24) is 15.0 Å². The molecule has 0 spiro atoms. The van der Waals surface area contributed by atoms with Crippen LogP contribution in [0.2, 0.25) is 0 Å². The summed E-state index contributed by atoms with van der Waals surface area (Å²) in [5, 5.41) is 16.5. The van der Waals surface area contributed by atoms with Crippen LogP contribution in [0.25, 0.3) is 35.2 Å². The zero-order valence-electron chi connectivity index (χ0n) is 22.1. The molecule has 38 heavy (non-hydrogen) atoms. The van der Waals surface area contributed by atoms with E-state index in [0.29, 0.717) is 40.2 Å². The minimum Gasteiger partial charge on any atom is -0.664 e. The molecule has 0 aromatic carbocycles. The Hall–Kier alpha value is -3.49. The number of fused-ring (bicyclic) bond motifs is 7. The van der Waals surface area contributed by atoms with Crippen LogP contribution in [-0.2, 0) is 4.79 Å². The fraction of sp³-hybridized carbons (Fsp3) is 0.267. The standard InChI is InChI=1S/C30H28N4O3.Mg/c1-7-17-15(5)21-9-18-12(2)8-24(31-18)26-27(30(36)37)29(35)25-16(6)22(34-28(25)26)10-19-13(3)14(4)20(32-19)11-23(17)33-21;/h7,9-12,27H,1,8H2,2-6H3,(H3,31,34,35,36,37);/q-2;+2/p-2/b18-9-,19-10-,20-11-;/t12-,27+;/m0./s1. The Labute approximate surface area is 236 Å². The molecular formula is C30H26MgN4O3-2. The van der Waals surface area contributed by atoms with E-state index in [1.807, 2.05) is 58.9 Å². The maximum Gasteiger partial charge on any atom is 2.00 e. The van der Waals surface area contributed by atoms with Gasteiger partial charge in [-0.05, 0) is 45.6 Å². The Morgan fingerprint density at radius 1 is 0.947 bits per heavy atom. The zero-order chi connectivity index (χ0) is 26.3. The molecular weight excluding hydrogens is 489 g/mol. The van der Waals surface area contributed by atoms with Crippen molar-refractivity contribution in [3.05, 3.63) is 90.1 Å². The molecule has 0 amide bonds. The molecule has 2 atom stereocenters. The molecule has 8 bridgehead atoms. The van der Waals surface area contributed by atoms with Gasteiger partial charge in [0.05, 0.1) is 0 Å². The van der Waals surface area contributed by atoms with E-state index in [2.05, 4.69) is 6.58 Å². The largest absolute Gasteiger partial charge is 2.00 e. The maximum atomic E-state index is 13.4. The summed E-state index contributed by atoms with van der Waals surface area (Å²) >= 11 is 0. The first-order chi connectivity index (χ1) is 17.6. The number of hydrogen-bond acceptors (Lipinski definition) is 2. The van der Waals surface area contributed by atoms with Gasteiger partial charge in [-0.25, -0.2) is 0 Å². The summed E-state index contributed by atoms with van der Waals surface area (Å²) in [7, 11) is 0. The van der Waals surface area contributed by atoms with Crippen LogP contribution in [0.3, 0.4) is 0 Å². The molecule has 6 rings (SSSR count). The minimum atomic E-state index is -1.30. The summed E-state index contributed by atoms with van der Waals surface area (Å²) in [5.74, 6) is -2.87. The quantitative estimate of drug-likeness (QED) is 0.415. The van der Waals surface area contributed by atoms with Crippen LogP contribution in [0.4, 0.5) is 0 Å². The monoisotopic (exact) mass is 514 g/mol. The summed E-state index contributed by atoms with van der Waals surface area (Å²) in [5.41, 5.74) is 9.51. The van der Waals surface area contributed by atoms with Gasteiger partial charge < -0.3 is 25.4 Å². The summed E-state index contributed by atoms with van der Waals surface area (Å²) < 4.78 is 0. The van der Waals surface area contributed by atoms with E-state index in [1.165, 1.54) is 0 Å². The molecule has 188 valence electrons. The average Bonchev–Trinajstić information content (AvgIpc) is 3.59. The van der Waals surface area contributed by atoms with Crippen LogP contribution in [0.15, 0.2) is 18.0 Å². The van der Waals surface area contributed by atoms with Crippen molar-refractivity contribution < 1.29 is 14.7 Å². The van der Waals surface area contributed by atoms with Gasteiger partial charge in [0.1, 0.15) is 5.92 Å². The van der Waals surface area contributed by atoms with E-state index in [-0.39, 0.29) is 29.0 Å². The van der Waals surface area contributed by atoms with Gasteiger partial charge >= 0.3 is 29.0 Å². The second-order valence-electron chi connectivity index (χ2n) is 10.2. The first kappa shape index (κ1) is 26.1. The smallest absolute Gasteiger partial charge is 0.664 e. The Morgan fingerprint density at radius 2 is 1.58 bits per heavy atom. The molecule has 1 aliphatic carbocycles. The molecule has 5 heterocycles. The first-order valence-electron chi connectivity index (χ1n) is 12.3. The number of carboxylic acid groups (broad SMARTS) is 1. The van der Waals surface area contributed by atoms with Crippen LogP contribution in [-0.4, -0.2) is 39.9 Å². The van der Waals surface area contributed by atoms with Crippen molar-refractivity contribution in [2.75, 3.05) is 0 Å². The fourth-order valence-corrected chi connectivity index (χ4v) is 5.68. The number of hydrogen-bond donors (Lipinski definition) is 1. The van der Waals surface area contributed by atoms with Crippen molar-refractivity contribution in [3.63, 3.8) is 0 Å². The first-order valence-corrected chi connectivity index (χ1v) is 12.3. The van der Waals surface area contributed by atoms with Gasteiger partial charge in [-0.3, -0.25) is 9.59 Å². The summed E-state index contributed by atoms with van der Waals surface area (Å²) in [6.45, 7) is 13.9. The van der Waals surface area contributed by atoms with Crippen LogP contribution >= 0.6 is 0 Å². The molecule has 0 radical (unpaired) electrons. The number of carbonyl (C=O) groups is 2. The van der Waals surface area contributed by atoms with E-state index in [0.717, 1.165) is 50.0 Å². The average molecular weight is 515 g/mol. The molecule has 0 unspecified atom stereocenters. The van der Waals surface area contributed by atoms with E-state index in [4.69, 9.17) is 20.3 Å². The third-order valence-corrected chi connectivity index (χ3v) is 8.02. The molecule has 3 aromatic rings. The van der Waals surface area contributed by atoms with Crippen molar-refractivity contribution in [2.24, 2.45) is 11.8 Å². The Morgan fingerprint density at radius 3 is 2.21 bits per heavy atom. The van der Waals surface area contributed by atoms with Gasteiger partial charge in [-0.1, -0.05) is 65.6 Å². The molecule has 1 fully saturated rings. The molecule has 3 aromatic heterocycles. The number of ketones is 1. The van der Waals surface area contributed by atoms with Crippen molar-refractivity contribution >= 4 is 64.7 Å². The van der Waals surface area contributed by atoms with E-state index >= 15 is 0 Å². The second kappa shape index (κ2) is 9.06. The predicted molar refractivity (Wildman–Crippen MR) is 148 cm³/mol. The van der Waals surface area contributed by atoms with Gasteiger partial charge in [0.2, 0.25) is 0 Å². The molecule has 1 N–H and O–H groups in total. The van der Waals surface area contributed by atoms with Gasteiger partial charge in [0.25, 0.3) is 0 Å². The van der Waals surface area contributed by atoms with Gasteiger partial charge in [-0.15, -0.1) is 33.5 Å². The van der Waals surface area contributed by atoms with Crippen LogP contribution in [0.1, 0.15) is 74.3 Å². The Bertz CT molecular complexity index is 1760. The SMILES string of the molecule is C=Cc1c2[n-]c(c1C)/C=C1\[N-]/C(=C3\c4[n-]c(c(C)c4C(=O)[C@@H]3C(=O)O)/C=c3\[n-]/c(c(C)c3C)=C\2)C[C@@H]1C.[Mg+2]. The summed E-state index contributed by atoms with van der Waals surface area (Å²) in [4.78, 5) is 40.3. The van der Waals surface area contributed by atoms with E-state index < -0.39 is 17.7 Å². The molecule has 3 aliphatic rings. The number of allylic oxidation sites excluding steroid dienone is 2. The topological polar surface area (TPSA) is 111 Å². The third-order valence-electron chi connectivity index (χ3n) is 8.02. The second-order valence-corrected chi connectivity index (χ2v) is 10.2. The van der Waals surface area contributed by atoms with Gasteiger partial charge in [0.15, 0.2) is 5.78 Å². The summed E-state index contributed by atoms with van der Waals surface area (Å²) in [6.07, 6.45) is 8.17. The summed E-state index contributed by atoms with van der Waals surface area (Å²) in [6, 6.07) is 0. The van der Waals surface area contributed by atoms with Crippen molar-refractivity contribution in [2.45, 2.75) is 41.0 Å². The maximum absolute atomic E-state index is 13.4. The number of Topliss-reactive ketones (excluding diaryl/α,β-unsaturated/α-hetero) is 1. The minimum absolute atomic E-state index is 0. The number of aliphatic carboxylic acids is 1. The third kappa shape index (κ3) is 3.61. The molecule has 8 heteroatoms. The normalized spacial score (nSPS) is 24.4. The van der Waals surface area contributed by atoms with Crippen LogP contribution in [0.5, 0.6) is 0 Å². The molecule has 0 saturated carbocycles.